The van der Waals surface area contributed by atoms with Gasteiger partial charge in [-0.25, -0.2) is 9.59 Å². The number of ether oxygens (including phenoxy) is 2. The summed E-state index contributed by atoms with van der Waals surface area (Å²) in [6, 6.07) is 11.2. The van der Waals surface area contributed by atoms with Gasteiger partial charge >= 0.3 is 12.1 Å². The summed E-state index contributed by atoms with van der Waals surface area (Å²) in [7, 11) is -3.26. The number of esters is 1. The zero-order valence-electron chi connectivity index (χ0n) is 18.0. The molecular weight excluding hydrogens is 455 g/mol. The van der Waals surface area contributed by atoms with Gasteiger partial charge in [0.2, 0.25) is 7.37 Å². The molecule has 0 aliphatic carbocycles. The topological polar surface area (TPSA) is 165 Å². The van der Waals surface area contributed by atoms with Crippen molar-refractivity contribution in [3.05, 3.63) is 75.3 Å². The minimum atomic E-state index is -4.35. The highest BCUT2D eigenvalue weighted by molar-refractivity contribution is 7.58. The Kier molecular flexibility index (Phi) is 9.10. The van der Waals surface area contributed by atoms with Crippen LogP contribution in [0.2, 0.25) is 0 Å². The van der Waals surface area contributed by atoms with Gasteiger partial charge in [0.15, 0.2) is 5.85 Å². The summed E-state index contributed by atoms with van der Waals surface area (Å²) in [6.45, 7) is 1.44. The molecule has 0 aromatic heterocycles. The number of nitro benzene ring substituents is 1. The number of aliphatic hydroxyl groups is 1. The van der Waals surface area contributed by atoms with Gasteiger partial charge in [-0.2, -0.15) is 0 Å². The predicted octanol–water partition coefficient (Wildman–Crippen LogP) is 3.02. The highest BCUT2D eigenvalue weighted by atomic mass is 31.2. The molecule has 0 heterocycles. The van der Waals surface area contributed by atoms with Crippen LogP contribution < -0.4 is 5.32 Å². The lowest BCUT2D eigenvalue weighted by Crippen LogP contribution is -2.42. The van der Waals surface area contributed by atoms with Crippen molar-refractivity contribution < 1.29 is 38.6 Å². The van der Waals surface area contributed by atoms with Gasteiger partial charge in [0.05, 0.1) is 12.0 Å². The Labute approximate surface area is 189 Å². The lowest BCUT2D eigenvalue weighted by atomic mass is 10.1. The lowest BCUT2D eigenvalue weighted by Gasteiger charge is -2.21. The van der Waals surface area contributed by atoms with Crippen molar-refractivity contribution in [1.29, 1.82) is 0 Å². The Morgan fingerprint density at radius 2 is 1.88 bits per heavy atom. The Morgan fingerprint density at radius 1 is 1.21 bits per heavy atom. The van der Waals surface area contributed by atoms with Gasteiger partial charge < -0.3 is 24.8 Å². The number of amides is 1. The zero-order valence-corrected chi connectivity index (χ0v) is 18.9. The van der Waals surface area contributed by atoms with E-state index in [0.29, 0.717) is 5.56 Å². The van der Waals surface area contributed by atoms with Gasteiger partial charge in [-0.15, -0.1) is 0 Å². The van der Waals surface area contributed by atoms with Gasteiger partial charge in [-0.1, -0.05) is 42.5 Å². The number of carbonyl (C=O) groups is 2. The summed E-state index contributed by atoms with van der Waals surface area (Å²) in [6.07, 6.45) is -1.85. The molecule has 0 aliphatic rings. The first kappa shape index (κ1) is 26.0. The molecule has 2 aromatic rings. The molecule has 178 valence electrons. The highest BCUT2D eigenvalue weighted by Gasteiger charge is 2.34. The Balaban J connectivity index is 2.04. The second-order valence-electron chi connectivity index (χ2n) is 7.23. The Bertz CT molecular complexity index is 1050. The van der Waals surface area contributed by atoms with Gasteiger partial charge in [0.1, 0.15) is 12.6 Å². The molecule has 3 N–H and O–H groups in total. The minimum Gasteiger partial charge on any atom is -0.467 e. The number of methoxy groups -OCH3 is 1. The van der Waals surface area contributed by atoms with E-state index >= 15 is 0 Å². The number of carbonyl (C=O) groups excluding carboxylic acids is 2. The van der Waals surface area contributed by atoms with E-state index in [1.165, 1.54) is 19.1 Å². The van der Waals surface area contributed by atoms with Crippen molar-refractivity contribution >= 4 is 25.1 Å². The number of rotatable bonds is 10. The van der Waals surface area contributed by atoms with E-state index in [-0.39, 0.29) is 24.3 Å². The van der Waals surface area contributed by atoms with E-state index in [0.717, 1.165) is 18.7 Å². The lowest BCUT2D eigenvalue weighted by molar-refractivity contribution is -0.385. The van der Waals surface area contributed by atoms with E-state index in [1.807, 2.05) is 0 Å². The number of nitro groups is 1. The molecule has 3 atom stereocenters. The number of nitrogens with zero attached hydrogens (tertiary/aromatic N) is 1. The van der Waals surface area contributed by atoms with Crippen LogP contribution >= 0.6 is 7.37 Å². The molecule has 33 heavy (non-hydrogen) atoms. The van der Waals surface area contributed by atoms with Crippen LogP contribution in [0.5, 0.6) is 0 Å². The second kappa shape index (κ2) is 11.6. The smallest absolute Gasteiger partial charge is 0.408 e. The van der Waals surface area contributed by atoms with Crippen molar-refractivity contribution in [2.45, 2.75) is 31.8 Å². The molecule has 0 bridgehead atoms. The first-order valence-electron chi connectivity index (χ1n) is 9.84. The number of benzene rings is 2. The summed E-state index contributed by atoms with van der Waals surface area (Å²) >= 11 is 0. The number of hydrogen-bond donors (Lipinski definition) is 3. The van der Waals surface area contributed by atoms with Crippen molar-refractivity contribution in [1.82, 2.24) is 5.32 Å². The third-order valence-electron chi connectivity index (χ3n) is 4.84. The molecule has 12 heteroatoms. The maximum Gasteiger partial charge on any atom is 0.408 e. The maximum absolute atomic E-state index is 12.7. The number of aryl methyl sites for hydroxylation is 1. The van der Waals surface area contributed by atoms with E-state index < -0.39 is 42.4 Å². The Morgan fingerprint density at radius 3 is 2.48 bits per heavy atom. The first-order valence-corrected chi connectivity index (χ1v) is 11.8. The SMILES string of the molecule is COC(=O)[C@@H](CCP(=O)(O)C(O)c1ccc(C)c([N+](=O)[O-])c1)NC(=O)OCc1ccccc1. The number of hydrogen-bond acceptors (Lipinski definition) is 8. The van der Waals surface area contributed by atoms with Crippen LogP contribution in [-0.2, 0) is 25.4 Å². The molecule has 0 spiro atoms. The van der Waals surface area contributed by atoms with Crippen LogP contribution in [0.25, 0.3) is 0 Å². The van der Waals surface area contributed by atoms with Crippen LogP contribution in [0.3, 0.4) is 0 Å². The molecule has 0 radical (unpaired) electrons. The summed E-state index contributed by atoms with van der Waals surface area (Å²) in [5.41, 5.74) is 0.634. The summed E-state index contributed by atoms with van der Waals surface area (Å²) in [4.78, 5) is 44.9. The van der Waals surface area contributed by atoms with Crippen molar-refractivity contribution in [2.24, 2.45) is 0 Å². The van der Waals surface area contributed by atoms with Gasteiger partial charge in [-0.05, 0) is 24.5 Å². The van der Waals surface area contributed by atoms with E-state index in [1.54, 1.807) is 30.3 Å². The molecule has 0 aliphatic heterocycles. The summed E-state index contributed by atoms with van der Waals surface area (Å²) < 4.78 is 22.4. The third-order valence-corrected chi connectivity index (χ3v) is 6.80. The Hall–Kier alpha value is -3.27. The second-order valence-corrected chi connectivity index (χ2v) is 9.67. The normalized spacial score (nSPS) is 14.4. The largest absolute Gasteiger partial charge is 0.467 e. The van der Waals surface area contributed by atoms with Crippen molar-refractivity contribution in [2.75, 3.05) is 13.3 Å². The quantitative estimate of drug-likeness (QED) is 0.200. The third kappa shape index (κ3) is 7.38. The standard InChI is InChI=1S/C21H25N2O9P/c1-14-8-9-16(12-18(14)23(27)28)20(25)33(29,30)11-10-17(19(24)31-2)22-21(26)32-13-15-6-4-3-5-7-15/h3-9,12,17,20,25H,10-11,13H2,1-2H3,(H,22,26)(H,29,30)/t17-,20?/m1/s1. The average Bonchev–Trinajstić information content (AvgIpc) is 2.80. The van der Waals surface area contributed by atoms with Crippen LogP contribution in [0.4, 0.5) is 10.5 Å². The highest BCUT2D eigenvalue weighted by Crippen LogP contribution is 2.54. The molecular formula is C21H25N2O9P. The summed E-state index contributed by atoms with van der Waals surface area (Å²) in [5, 5.41) is 23.8. The summed E-state index contributed by atoms with van der Waals surface area (Å²) in [5.74, 6) is -2.78. The fourth-order valence-electron chi connectivity index (χ4n) is 2.95. The van der Waals surface area contributed by atoms with Crippen LogP contribution in [0, 0.1) is 17.0 Å². The molecule has 2 unspecified atom stereocenters. The molecule has 11 nitrogen and oxygen atoms in total. The predicted molar refractivity (Wildman–Crippen MR) is 118 cm³/mol. The van der Waals surface area contributed by atoms with Crippen LogP contribution in [-0.4, -0.2) is 46.3 Å². The maximum atomic E-state index is 12.7. The number of nitrogens with one attached hydrogen (secondary N) is 1. The molecule has 2 rings (SSSR count). The minimum absolute atomic E-state index is 0.0516. The van der Waals surface area contributed by atoms with Gasteiger partial charge in [0, 0.05) is 17.8 Å². The molecule has 0 saturated heterocycles. The molecule has 0 fully saturated rings. The van der Waals surface area contributed by atoms with Crippen LogP contribution in [0.1, 0.15) is 29.0 Å². The number of alkyl carbamates (subject to hydrolysis) is 1. The fourth-order valence-corrected chi connectivity index (χ4v) is 4.45. The van der Waals surface area contributed by atoms with Gasteiger partial charge in [-0.3, -0.25) is 14.7 Å². The molecule has 2 aromatic carbocycles. The van der Waals surface area contributed by atoms with Crippen molar-refractivity contribution in [3.8, 4) is 0 Å². The monoisotopic (exact) mass is 480 g/mol. The molecule has 0 saturated carbocycles. The number of aliphatic hydroxyl groups excluding tert-OH is 1. The fraction of sp³-hybridized carbons (Fsp3) is 0.333. The molecule has 1 amide bonds. The first-order chi connectivity index (χ1) is 15.5. The zero-order chi connectivity index (χ0) is 24.6. The van der Waals surface area contributed by atoms with E-state index in [9.17, 15) is 34.3 Å². The van der Waals surface area contributed by atoms with Gasteiger partial charge in [0.25, 0.3) is 5.69 Å². The van der Waals surface area contributed by atoms with E-state index in [4.69, 9.17) is 4.74 Å². The van der Waals surface area contributed by atoms with E-state index in [2.05, 4.69) is 10.1 Å². The average molecular weight is 480 g/mol. The van der Waals surface area contributed by atoms with Crippen LogP contribution in [0.15, 0.2) is 48.5 Å². The van der Waals surface area contributed by atoms with Crippen molar-refractivity contribution in [3.63, 3.8) is 0 Å².